The summed E-state index contributed by atoms with van der Waals surface area (Å²) in [6, 6.07) is 16.7. The van der Waals surface area contributed by atoms with Crippen molar-refractivity contribution >= 4 is 11.9 Å². The van der Waals surface area contributed by atoms with Gasteiger partial charge in [0.1, 0.15) is 0 Å². The number of aromatic carboxylic acids is 1. The molecule has 29 heavy (non-hydrogen) atoms. The Morgan fingerprint density at radius 3 is 2.55 bits per heavy atom. The first kappa shape index (κ1) is 20.0. The molecule has 0 bridgehead atoms. The number of carbonyl (C=O) groups excluding carboxylic acids is 1. The van der Waals surface area contributed by atoms with Crippen LogP contribution in [0.25, 0.3) is 11.3 Å². The maximum absolute atomic E-state index is 12.3. The van der Waals surface area contributed by atoms with Crippen LogP contribution in [0.2, 0.25) is 0 Å². The summed E-state index contributed by atoms with van der Waals surface area (Å²) in [7, 11) is 0. The number of carboxylic acid groups (broad SMARTS) is 1. The number of hydrogen-bond acceptors (Lipinski definition) is 5. The summed E-state index contributed by atoms with van der Waals surface area (Å²) in [6.45, 7) is 2.31. The second-order valence-electron chi connectivity index (χ2n) is 6.40. The second-order valence-corrected chi connectivity index (χ2v) is 6.40. The standard InChI is InChI=1S/C22H20N2O5/c1-2-29-21(26)12-15-5-3-6-16(11-15)14-24-20(25)10-9-19(23-24)17-7-4-8-18(13-17)22(27)28/h3-11,13H,2,12,14H2,1H3,(H,27,28). The van der Waals surface area contributed by atoms with E-state index in [1.807, 2.05) is 24.3 Å². The predicted octanol–water partition coefficient (Wildman–Crippen LogP) is 2.76. The minimum absolute atomic E-state index is 0.147. The fraction of sp³-hybridized carbons (Fsp3) is 0.182. The van der Waals surface area contributed by atoms with Crippen LogP contribution in [-0.4, -0.2) is 33.4 Å². The van der Waals surface area contributed by atoms with E-state index in [2.05, 4.69) is 5.10 Å². The Morgan fingerprint density at radius 1 is 1.03 bits per heavy atom. The Balaban J connectivity index is 1.86. The number of carbonyl (C=O) groups is 2. The molecule has 0 aliphatic heterocycles. The fourth-order valence-electron chi connectivity index (χ4n) is 2.92. The molecule has 0 unspecified atom stereocenters. The molecule has 0 aliphatic carbocycles. The van der Waals surface area contributed by atoms with Crippen LogP contribution in [0.5, 0.6) is 0 Å². The molecule has 3 rings (SSSR count). The first-order valence-electron chi connectivity index (χ1n) is 9.11. The van der Waals surface area contributed by atoms with Crippen molar-refractivity contribution in [1.29, 1.82) is 0 Å². The number of aromatic nitrogens is 2. The molecule has 0 atom stereocenters. The molecule has 0 fully saturated rings. The minimum Gasteiger partial charge on any atom is -0.478 e. The molecule has 0 amide bonds. The van der Waals surface area contributed by atoms with Gasteiger partial charge in [0, 0.05) is 11.6 Å². The summed E-state index contributed by atoms with van der Waals surface area (Å²) in [5.41, 5.74) is 2.58. The average Bonchev–Trinajstić information content (AvgIpc) is 2.70. The van der Waals surface area contributed by atoms with Crippen molar-refractivity contribution in [3.63, 3.8) is 0 Å². The van der Waals surface area contributed by atoms with Crippen molar-refractivity contribution in [1.82, 2.24) is 9.78 Å². The summed E-state index contributed by atoms with van der Waals surface area (Å²) in [5.74, 6) is -1.33. The van der Waals surface area contributed by atoms with Gasteiger partial charge < -0.3 is 9.84 Å². The molecule has 0 saturated carbocycles. The van der Waals surface area contributed by atoms with Gasteiger partial charge >= 0.3 is 11.9 Å². The van der Waals surface area contributed by atoms with E-state index in [-0.39, 0.29) is 30.1 Å². The van der Waals surface area contributed by atoms with Crippen molar-refractivity contribution in [3.8, 4) is 11.3 Å². The van der Waals surface area contributed by atoms with Gasteiger partial charge in [0.05, 0.1) is 30.8 Å². The van der Waals surface area contributed by atoms with Gasteiger partial charge in [-0.2, -0.15) is 5.10 Å². The van der Waals surface area contributed by atoms with Gasteiger partial charge in [-0.05, 0) is 36.2 Å². The molecular formula is C22H20N2O5. The van der Waals surface area contributed by atoms with Crippen LogP contribution in [0.1, 0.15) is 28.4 Å². The van der Waals surface area contributed by atoms with E-state index >= 15 is 0 Å². The van der Waals surface area contributed by atoms with E-state index in [1.165, 1.54) is 22.9 Å². The maximum atomic E-state index is 12.3. The highest BCUT2D eigenvalue weighted by Crippen LogP contribution is 2.17. The summed E-state index contributed by atoms with van der Waals surface area (Å²) >= 11 is 0. The Morgan fingerprint density at radius 2 is 1.79 bits per heavy atom. The fourth-order valence-corrected chi connectivity index (χ4v) is 2.92. The topological polar surface area (TPSA) is 98.5 Å². The van der Waals surface area contributed by atoms with Crippen LogP contribution in [0, 0.1) is 0 Å². The van der Waals surface area contributed by atoms with Gasteiger partial charge in [0.2, 0.25) is 0 Å². The lowest BCUT2D eigenvalue weighted by atomic mass is 10.1. The van der Waals surface area contributed by atoms with Gasteiger partial charge in [-0.3, -0.25) is 9.59 Å². The zero-order valence-corrected chi connectivity index (χ0v) is 15.9. The number of rotatable bonds is 7. The smallest absolute Gasteiger partial charge is 0.335 e. The average molecular weight is 392 g/mol. The van der Waals surface area contributed by atoms with E-state index in [1.54, 1.807) is 25.1 Å². The third-order valence-corrected chi connectivity index (χ3v) is 4.25. The Bertz CT molecular complexity index is 1100. The molecular weight excluding hydrogens is 372 g/mol. The number of esters is 1. The van der Waals surface area contributed by atoms with Gasteiger partial charge in [0.25, 0.3) is 5.56 Å². The van der Waals surface area contributed by atoms with E-state index in [0.29, 0.717) is 17.9 Å². The highest BCUT2D eigenvalue weighted by Gasteiger charge is 2.09. The Labute approximate surface area is 167 Å². The van der Waals surface area contributed by atoms with Gasteiger partial charge in [-0.15, -0.1) is 0 Å². The van der Waals surface area contributed by atoms with Crippen molar-refractivity contribution in [2.45, 2.75) is 19.9 Å². The van der Waals surface area contributed by atoms with Crippen molar-refractivity contribution in [2.24, 2.45) is 0 Å². The lowest BCUT2D eigenvalue weighted by Crippen LogP contribution is -2.23. The molecule has 1 aromatic heterocycles. The number of hydrogen-bond donors (Lipinski definition) is 1. The first-order chi connectivity index (χ1) is 14.0. The first-order valence-corrected chi connectivity index (χ1v) is 9.11. The maximum Gasteiger partial charge on any atom is 0.335 e. The molecule has 7 heteroatoms. The third kappa shape index (κ3) is 5.16. The Hall–Kier alpha value is -3.74. The zero-order valence-electron chi connectivity index (χ0n) is 15.9. The van der Waals surface area contributed by atoms with Crippen LogP contribution >= 0.6 is 0 Å². The van der Waals surface area contributed by atoms with Crippen LogP contribution in [-0.2, 0) is 22.5 Å². The summed E-state index contributed by atoms with van der Waals surface area (Å²) in [6.07, 6.45) is 0.159. The molecule has 0 aliphatic rings. The van der Waals surface area contributed by atoms with Crippen molar-refractivity contribution < 1.29 is 19.4 Å². The predicted molar refractivity (Wildman–Crippen MR) is 107 cm³/mol. The van der Waals surface area contributed by atoms with Gasteiger partial charge in [0.15, 0.2) is 0 Å². The van der Waals surface area contributed by atoms with E-state index in [0.717, 1.165) is 11.1 Å². The SMILES string of the molecule is CCOC(=O)Cc1cccc(Cn2nc(-c3cccc(C(=O)O)c3)ccc2=O)c1. The molecule has 148 valence electrons. The van der Waals surface area contributed by atoms with E-state index < -0.39 is 5.97 Å². The number of benzene rings is 2. The zero-order chi connectivity index (χ0) is 20.8. The van der Waals surface area contributed by atoms with E-state index in [9.17, 15) is 14.4 Å². The molecule has 0 radical (unpaired) electrons. The number of carboxylic acids is 1. The quantitative estimate of drug-likeness (QED) is 0.621. The molecule has 1 heterocycles. The highest BCUT2D eigenvalue weighted by atomic mass is 16.5. The third-order valence-electron chi connectivity index (χ3n) is 4.25. The van der Waals surface area contributed by atoms with Gasteiger partial charge in [-0.25, -0.2) is 9.48 Å². The minimum atomic E-state index is -1.03. The number of ether oxygens (including phenoxy) is 1. The molecule has 1 N–H and O–H groups in total. The van der Waals surface area contributed by atoms with Crippen LogP contribution in [0.15, 0.2) is 65.5 Å². The van der Waals surface area contributed by atoms with Crippen LogP contribution in [0.3, 0.4) is 0 Å². The van der Waals surface area contributed by atoms with E-state index in [4.69, 9.17) is 9.84 Å². The summed E-state index contributed by atoms with van der Waals surface area (Å²) < 4.78 is 6.28. The largest absolute Gasteiger partial charge is 0.478 e. The monoisotopic (exact) mass is 392 g/mol. The summed E-state index contributed by atoms with van der Waals surface area (Å²) in [5, 5.41) is 13.5. The van der Waals surface area contributed by atoms with Gasteiger partial charge in [-0.1, -0.05) is 36.4 Å². The van der Waals surface area contributed by atoms with Crippen molar-refractivity contribution in [2.75, 3.05) is 6.61 Å². The normalized spacial score (nSPS) is 10.5. The molecule has 0 spiro atoms. The van der Waals surface area contributed by atoms with Crippen LogP contribution in [0.4, 0.5) is 0 Å². The van der Waals surface area contributed by atoms with Crippen LogP contribution < -0.4 is 5.56 Å². The lowest BCUT2D eigenvalue weighted by molar-refractivity contribution is -0.142. The summed E-state index contributed by atoms with van der Waals surface area (Å²) in [4.78, 5) is 35.1. The lowest BCUT2D eigenvalue weighted by Gasteiger charge is -2.09. The Kier molecular flexibility index (Phi) is 6.19. The second kappa shape index (κ2) is 8.97. The molecule has 0 saturated heterocycles. The molecule has 3 aromatic rings. The van der Waals surface area contributed by atoms with Crippen molar-refractivity contribution in [3.05, 3.63) is 87.7 Å². The highest BCUT2D eigenvalue weighted by molar-refractivity contribution is 5.89. The molecule has 2 aromatic carbocycles. The molecule has 7 nitrogen and oxygen atoms in total. The number of nitrogens with zero attached hydrogens (tertiary/aromatic N) is 2.